The van der Waals surface area contributed by atoms with Crippen molar-refractivity contribution < 1.29 is 14.2 Å². The third kappa shape index (κ3) is 6.88. The average molecular weight is 216 g/mol. The Morgan fingerprint density at radius 1 is 1.13 bits per heavy atom. The highest BCUT2D eigenvalue weighted by molar-refractivity contribution is 4.53. The maximum atomic E-state index is 5.54. The minimum Gasteiger partial charge on any atom is -0.379 e. The van der Waals surface area contributed by atoms with E-state index in [1.165, 1.54) is 25.7 Å². The fraction of sp³-hybridized carbons (Fsp3) is 1.00. The molecule has 0 aromatic rings. The molecule has 0 spiro atoms. The largest absolute Gasteiger partial charge is 0.379 e. The summed E-state index contributed by atoms with van der Waals surface area (Å²) >= 11 is 0. The lowest BCUT2D eigenvalue weighted by molar-refractivity contribution is -0.169. The van der Waals surface area contributed by atoms with Gasteiger partial charge in [-0.3, -0.25) is 0 Å². The SMILES string of the molecule is CCCCCOCCOC1CCCCO1. The van der Waals surface area contributed by atoms with Crippen LogP contribution >= 0.6 is 0 Å². The van der Waals surface area contributed by atoms with E-state index in [0.717, 1.165) is 26.1 Å². The summed E-state index contributed by atoms with van der Waals surface area (Å²) in [7, 11) is 0. The standard InChI is InChI=1S/C12H24O3/c1-2-3-5-8-13-10-11-15-12-7-4-6-9-14-12/h12H,2-11H2,1H3. The van der Waals surface area contributed by atoms with Gasteiger partial charge in [0.1, 0.15) is 0 Å². The molecule has 1 heterocycles. The number of unbranched alkanes of at least 4 members (excludes halogenated alkanes) is 2. The van der Waals surface area contributed by atoms with Crippen LogP contribution in [0.2, 0.25) is 0 Å². The lowest BCUT2D eigenvalue weighted by atomic mass is 10.2. The van der Waals surface area contributed by atoms with Crippen molar-refractivity contribution in [3.8, 4) is 0 Å². The van der Waals surface area contributed by atoms with Crippen molar-refractivity contribution in [1.82, 2.24) is 0 Å². The molecule has 90 valence electrons. The van der Waals surface area contributed by atoms with Crippen LogP contribution in [0.3, 0.4) is 0 Å². The van der Waals surface area contributed by atoms with Crippen molar-refractivity contribution >= 4 is 0 Å². The molecule has 1 aliphatic heterocycles. The molecule has 3 nitrogen and oxygen atoms in total. The summed E-state index contributed by atoms with van der Waals surface area (Å²) in [5.41, 5.74) is 0. The molecule has 1 fully saturated rings. The summed E-state index contributed by atoms with van der Waals surface area (Å²) in [4.78, 5) is 0. The van der Waals surface area contributed by atoms with Crippen LogP contribution in [0.1, 0.15) is 45.4 Å². The van der Waals surface area contributed by atoms with Gasteiger partial charge in [0.05, 0.1) is 13.2 Å². The van der Waals surface area contributed by atoms with Gasteiger partial charge in [-0.15, -0.1) is 0 Å². The third-order valence-electron chi connectivity index (χ3n) is 2.56. The van der Waals surface area contributed by atoms with Crippen LogP contribution in [0.4, 0.5) is 0 Å². The van der Waals surface area contributed by atoms with E-state index in [0.29, 0.717) is 13.2 Å². The van der Waals surface area contributed by atoms with Crippen LogP contribution in [0.15, 0.2) is 0 Å². The molecular weight excluding hydrogens is 192 g/mol. The van der Waals surface area contributed by atoms with Crippen LogP contribution < -0.4 is 0 Å². The average Bonchev–Trinajstić information content (AvgIpc) is 2.29. The van der Waals surface area contributed by atoms with Gasteiger partial charge in [-0.1, -0.05) is 19.8 Å². The van der Waals surface area contributed by atoms with Crippen molar-refractivity contribution in [1.29, 1.82) is 0 Å². The molecule has 0 saturated carbocycles. The van der Waals surface area contributed by atoms with Crippen LogP contribution in [-0.2, 0) is 14.2 Å². The molecule has 1 atom stereocenters. The van der Waals surface area contributed by atoms with Gasteiger partial charge in [-0.05, 0) is 25.7 Å². The van der Waals surface area contributed by atoms with Crippen molar-refractivity contribution in [2.75, 3.05) is 26.4 Å². The molecule has 0 aromatic heterocycles. The summed E-state index contributed by atoms with van der Waals surface area (Å²) in [6, 6.07) is 0. The Hall–Kier alpha value is -0.120. The number of rotatable bonds is 8. The first kappa shape index (κ1) is 12.9. The number of hydrogen-bond acceptors (Lipinski definition) is 3. The minimum absolute atomic E-state index is 0.0259. The first-order valence-electron chi connectivity index (χ1n) is 6.24. The predicted molar refractivity (Wildman–Crippen MR) is 59.9 cm³/mol. The molecule has 0 bridgehead atoms. The Balaban J connectivity index is 1.79. The maximum absolute atomic E-state index is 5.54. The zero-order valence-corrected chi connectivity index (χ0v) is 9.87. The van der Waals surface area contributed by atoms with E-state index in [4.69, 9.17) is 14.2 Å². The topological polar surface area (TPSA) is 27.7 Å². The molecule has 1 saturated heterocycles. The van der Waals surface area contributed by atoms with E-state index in [2.05, 4.69) is 6.92 Å². The second-order valence-electron chi connectivity index (χ2n) is 3.99. The van der Waals surface area contributed by atoms with E-state index >= 15 is 0 Å². The van der Waals surface area contributed by atoms with Crippen molar-refractivity contribution in [3.05, 3.63) is 0 Å². The molecule has 15 heavy (non-hydrogen) atoms. The summed E-state index contributed by atoms with van der Waals surface area (Å²) < 4.78 is 16.4. The fourth-order valence-electron chi connectivity index (χ4n) is 1.64. The van der Waals surface area contributed by atoms with Gasteiger partial charge >= 0.3 is 0 Å². The Labute approximate surface area is 93.1 Å². The smallest absolute Gasteiger partial charge is 0.157 e. The highest BCUT2D eigenvalue weighted by atomic mass is 16.7. The molecule has 0 aliphatic carbocycles. The lowest BCUT2D eigenvalue weighted by Gasteiger charge is -2.22. The molecule has 1 rings (SSSR count). The van der Waals surface area contributed by atoms with Gasteiger partial charge in [0.2, 0.25) is 0 Å². The minimum atomic E-state index is 0.0259. The van der Waals surface area contributed by atoms with Crippen molar-refractivity contribution in [3.63, 3.8) is 0 Å². The summed E-state index contributed by atoms with van der Waals surface area (Å²) in [6.45, 7) is 5.27. The highest BCUT2D eigenvalue weighted by Crippen LogP contribution is 2.13. The molecule has 3 heteroatoms. The van der Waals surface area contributed by atoms with Gasteiger partial charge in [-0.2, -0.15) is 0 Å². The van der Waals surface area contributed by atoms with E-state index < -0.39 is 0 Å². The molecule has 0 amide bonds. The van der Waals surface area contributed by atoms with Crippen LogP contribution in [0.5, 0.6) is 0 Å². The molecular formula is C12H24O3. The second-order valence-corrected chi connectivity index (χ2v) is 3.99. The van der Waals surface area contributed by atoms with E-state index in [1.54, 1.807) is 0 Å². The Bertz CT molecular complexity index is 133. The monoisotopic (exact) mass is 216 g/mol. The van der Waals surface area contributed by atoms with Gasteiger partial charge < -0.3 is 14.2 Å². The molecule has 0 N–H and O–H groups in total. The second kappa shape index (κ2) is 9.13. The molecule has 0 aromatic carbocycles. The molecule has 0 radical (unpaired) electrons. The summed E-state index contributed by atoms with van der Waals surface area (Å²) in [5.74, 6) is 0. The number of ether oxygens (including phenoxy) is 3. The van der Waals surface area contributed by atoms with Gasteiger partial charge in [0.25, 0.3) is 0 Å². The Morgan fingerprint density at radius 2 is 2.07 bits per heavy atom. The van der Waals surface area contributed by atoms with Crippen LogP contribution in [-0.4, -0.2) is 32.7 Å². The molecule has 1 aliphatic rings. The highest BCUT2D eigenvalue weighted by Gasteiger charge is 2.13. The zero-order chi connectivity index (χ0) is 10.8. The van der Waals surface area contributed by atoms with Crippen molar-refractivity contribution in [2.45, 2.75) is 51.7 Å². The lowest BCUT2D eigenvalue weighted by Crippen LogP contribution is -2.24. The van der Waals surface area contributed by atoms with Crippen LogP contribution in [0.25, 0.3) is 0 Å². The normalized spacial score (nSPS) is 21.8. The van der Waals surface area contributed by atoms with Gasteiger partial charge in [-0.25, -0.2) is 0 Å². The number of hydrogen-bond donors (Lipinski definition) is 0. The zero-order valence-electron chi connectivity index (χ0n) is 9.87. The fourth-order valence-corrected chi connectivity index (χ4v) is 1.64. The molecule has 1 unspecified atom stereocenters. The maximum Gasteiger partial charge on any atom is 0.157 e. The summed E-state index contributed by atoms with van der Waals surface area (Å²) in [5, 5.41) is 0. The van der Waals surface area contributed by atoms with Gasteiger partial charge in [0.15, 0.2) is 6.29 Å². The predicted octanol–water partition coefficient (Wildman–Crippen LogP) is 2.74. The Morgan fingerprint density at radius 3 is 2.80 bits per heavy atom. The van der Waals surface area contributed by atoms with Crippen molar-refractivity contribution in [2.24, 2.45) is 0 Å². The Kier molecular flexibility index (Phi) is 7.88. The third-order valence-corrected chi connectivity index (χ3v) is 2.56. The summed E-state index contributed by atoms with van der Waals surface area (Å²) in [6.07, 6.45) is 7.13. The first-order valence-corrected chi connectivity index (χ1v) is 6.24. The van der Waals surface area contributed by atoms with Crippen LogP contribution in [0, 0.1) is 0 Å². The van der Waals surface area contributed by atoms with E-state index in [-0.39, 0.29) is 6.29 Å². The first-order chi connectivity index (χ1) is 7.43. The van der Waals surface area contributed by atoms with E-state index in [9.17, 15) is 0 Å². The quantitative estimate of drug-likeness (QED) is 0.584. The van der Waals surface area contributed by atoms with E-state index in [1.807, 2.05) is 0 Å². The van der Waals surface area contributed by atoms with Gasteiger partial charge in [0, 0.05) is 13.2 Å².